The van der Waals surface area contributed by atoms with Crippen LogP contribution in [0.25, 0.3) is 0 Å². The van der Waals surface area contributed by atoms with Gasteiger partial charge in [0.25, 0.3) is 0 Å². The summed E-state index contributed by atoms with van der Waals surface area (Å²) in [7, 11) is 1.34. The van der Waals surface area contributed by atoms with E-state index in [2.05, 4.69) is 29.9 Å². The zero-order valence-electron chi connectivity index (χ0n) is 15.4. The van der Waals surface area contributed by atoms with Crippen LogP contribution >= 0.6 is 0 Å². The van der Waals surface area contributed by atoms with Crippen LogP contribution in [0.1, 0.15) is 24.5 Å². The van der Waals surface area contributed by atoms with Crippen LogP contribution in [0.4, 0.5) is 4.79 Å². The Morgan fingerprint density at radius 2 is 1.85 bits per heavy atom. The molecule has 1 aliphatic heterocycles. The molecule has 4 rings (SSSR count). The Bertz CT molecular complexity index is 922. The van der Waals surface area contributed by atoms with E-state index in [0.717, 1.165) is 28.9 Å². The summed E-state index contributed by atoms with van der Waals surface area (Å²) in [6, 6.07) is 18.0. The molecule has 2 aliphatic rings. The molecule has 1 aliphatic carbocycles. The number of ether oxygens (including phenoxy) is 2. The van der Waals surface area contributed by atoms with Gasteiger partial charge in [0.2, 0.25) is 0 Å². The summed E-state index contributed by atoms with van der Waals surface area (Å²) in [5, 5.41) is 0. The van der Waals surface area contributed by atoms with E-state index < -0.39 is 17.2 Å². The van der Waals surface area contributed by atoms with E-state index in [4.69, 9.17) is 9.47 Å². The molecule has 0 radical (unpaired) electrons. The number of benzene rings is 2. The van der Waals surface area contributed by atoms with Gasteiger partial charge in [-0.1, -0.05) is 66.8 Å². The number of amides is 1. The van der Waals surface area contributed by atoms with Crippen molar-refractivity contribution in [2.75, 3.05) is 7.11 Å². The lowest BCUT2D eigenvalue weighted by Gasteiger charge is -2.50. The summed E-state index contributed by atoms with van der Waals surface area (Å²) in [6.07, 6.45) is 6.38. The van der Waals surface area contributed by atoms with Gasteiger partial charge in [0.05, 0.1) is 7.11 Å². The fourth-order valence-electron chi connectivity index (χ4n) is 4.02. The van der Waals surface area contributed by atoms with Gasteiger partial charge >= 0.3 is 6.09 Å². The second-order valence-electron chi connectivity index (χ2n) is 6.90. The topological polar surface area (TPSA) is 59.6 Å². The molecule has 0 aromatic heterocycles. The first-order valence-corrected chi connectivity index (χ1v) is 8.93. The second-order valence-corrected chi connectivity index (χ2v) is 6.90. The Hall–Kier alpha value is -3.05. The highest BCUT2D eigenvalue weighted by Gasteiger charge is 2.53. The van der Waals surface area contributed by atoms with Crippen LogP contribution in [0.5, 0.6) is 5.75 Å². The van der Waals surface area contributed by atoms with Crippen molar-refractivity contribution in [1.82, 2.24) is 10.9 Å². The van der Waals surface area contributed by atoms with E-state index >= 15 is 0 Å². The average Bonchev–Trinajstić information content (AvgIpc) is 2.71. The van der Waals surface area contributed by atoms with Crippen molar-refractivity contribution in [3.8, 4) is 5.75 Å². The number of hydrogen-bond acceptors (Lipinski definition) is 4. The third-order valence-corrected chi connectivity index (χ3v) is 5.25. The van der Waals surface area contributed by atoms with Crippen molar-refractivity contribution in [3.63, 3.8) is 0 Å². The molecule has 1 heterocycles. The number of rotatable bonds is 3. The van der Waals surface area contributed by atoms with Crippen LogP contribution in [-0.4, -0.2) is 18.8 Å². The molecule has 2 atom stereocenters. The number of fused-ring (bicyclic) bond motifs is 2. The largest absolute Gasteiger partial charge is 0.482 e. The zero-order valence-corrected chi connectivity index (χ0v) is 15.4. The molecular formula is C22H22N2O3. The van der Waals surface area contributed by atoms with E-state index in [1.807, 2.05) is 60.7 Å². The minimum atomic E-state index is -0.788. The molecule has 0 spiro atoms. The van der Waals surface area contributed by atoms with Gasteiger partial charge in [0.15, 0.2) is 0 Å². The van der Waals surface area contributed by atoms with Gasteiger partial charge in [-0.25, -0.2) is 10.2 Å². The number of carbonyl (C=O) groups is 1. The van der Waals surface area contributed by atoms with Gasteiger partial charge in [-0.15, -0.1) is 0 Å². The molecule has 27 heavy (non-hydrogen) atoms. The first kappa shape index (κ1) is 17.4. The lowest BCUT2D eigenvalue weighted by molar-refractivity contribution is 0.0843. The Balaban J connectivity index is 2.00. The van der Waals surface area contributed by atoms with Gasteiger partial charge < -0.3 is 9.47 Å². The standard InChI is InChI=1S/C22H22N2O3/c1-21-15-9-8-14-19(21)22(24-23-20(25)26-2,16-10-4-3-5-11-16)17-12-6-7-13-18(17)27-21/h3-14,24H,15H2,1-2H3,(H,23,25). The molecule has 0 bridgehead atoms. The summed E-state index contributed by atoms with van der Waals surface area (Å²) in [5.74, 6) is 0.787. The predicted molar refractivity (Wildman–Crippen MR) is 103 cm³/mol. The number of para-hydroxylation sites is 1. The monoisotopic (exact) mass is 362 g/mol. The highest BCUT2D eigenvalue weighted by Crippen LogP contribution is 2.52. The van der Waals surface area contributed by atoms with Crippen LogP contribution < -0.4 is 15.6 Å². The van der Waals surface area contributed by atoms with Crippen molar-refractivity contribution in [3.05, 3.63) is 89.5 Å². The molecule has 2 N–H and O–H groups in total. The molecular weight excluding hydrogens is 340 g/mol. The number of methoxy groups -OCH3 is 1. The second kappa shape index (κ2) is 6.59. The first-order chi connectivity index (χ1) is 13.1. The minimum absolute atomic E-state index is 0.538. The fraction of sp³-hybridized carbons (Fsp3) is 0.227. The molecule has 2 aromatic rings. The zero-order chi connectivity index (χ0) is 18.9. The van der Waals surface area contributed by atoms with Crippen LogP contribution in [0, 0.1) is 0 Å². The maximum atomic E-state index is 11.9. The van der Waals surface area contributed by atoms with E-state index in [1.165, 1.54) is 7.11 Å². The van der Waals surface area contributed by atoms with E-state index in [1.54, 1.807) is 0 Å². The van der Waals surface area contributed by atoms with Crippen molar-refractivity contribution >= 4 is 6.09 Å². The van der Waals surface area contributed by atoms with Gasteiger partial charge in [-0.3, -0.25) is 5.43 Å². The van der Waals surface area contributed by atoms with Crippen molar-refractivity contribution in [2.45, 2.75) is 24.5 Å². The molecule has 5 nitrogen and oxygen atoms in total. The summed E-state index contributed by atoms with van der Waals surface area (Å²) in [5.41, 5.74) is 7.62. The van der Waals surface area contributed by atoms with Crippen LogP contribution in [0.2, 0.25) is 0 Å². The summed E-state index contributed by atoms with van der Waals surface area (Å²) < 4.78 is 11.2. The molecule has 0 fully saturated rings. The Morgan fingerprint density at radius 1 is 1.11 bits per heavy atom. The number of carbonyl (C=O) groups excluding carboxylic acids is 1. The SMILES string of the molecule is COC(=O)NNC1(c2ccccc2)C2=CC=CCC2(C)Oc2ccccc21. The van der Waals surface area contributed by atoms with Crippen LogP contribution in [0.15, 0.2) is 78.4 Å². The number of hydrogen-bond donors (Lipinski definition) is 2. The Labute approximate surface area is 158 Å². The lowest BCUT2D eigenvalue weighted by Crippen LogP contribution is -2.61. The number of nitrogens with one attached hydrogen (secondary N) is 2. The molecule has 5 heteroatoms. The van der Waals surface area contributed by atoms with Crippen LogP contribution in [-0.2, 0) is 10.3 Å². The molecule has 2 unspecified atom stereocenters. The third-order valence-electron chi connectivity index (χ3n) is 5.25. The first-order valence-electron chi connectivity index (χ1n) is 8.93. The maximum absolute atomic E-state index is 11.9. The van der Waals surface area contributed by atoms with Gasteiger partial charge in [-0.05, 0) is 18.6 Å². The summed E-state index contributed by atoms with van der Waals surface area (Å²) in [4.78, 5) is 11.9. The smallest absolute Gasteiger partial charge is 0.421 e. The average molecular weight is 362 g/mol. The molecule has 2 aromatic carbocycles. The molecule has 138 valence electrons. The third kappa shape index (κ3) is 2.71. The van der Waals surface area contributed by atoms with Crippen molar-refractivity contribution in [1.29, 1.82) is 0 Å². The number of allylic oxidation sites excluding steroid dienone is 2. The fourth-order valence-corrected chi connectivity index (χ4v) is 4.02. The predicted octanol–water partition coefficient (Wildman–Crippen LogP) is 3.83. The van der Waals surface area contributed by atoms with Gasteiger partial charge in [0, 0.05) is 17.6 Å². The quantitative estimate of drug-likeness (QED) is 0.815. The lowest BCUT2D eigenvalue weighted by atomic mass is 9.67. The molecule has 0 saturated carbocycles. The normalized spacial score (nSPS) is 25.5. The highest BCUT2D eigenvalue weighted by molar-refractivity contribution is 5.67. The minimum Gasteiger partial charge on any atom is -0.482 e. The molecule has 0 saturated heterocycles. The van der Waals surface area contributed by atoms with E-state index in [9.17, 15) is 4.79 Å². The van der Waals surface area contributed by atoms with E-state index in [0.29, 0.717) is 0 Å². The summed E-state index contributed by atoms with van der Waals surface area (Å²) >= 11 is 0. The Morgan fingerprint density at radius 3 is 2.63 bits per heavy atom. The van der Waals surface area contributed by atoms with Gasteiger partial charge in [-0.2, -0.15) is 0 Å². The molecule has 1 amide bonds. The van der Waals surface area contributed by atoms with Crippen molar-refractivity contribution in [2.24, 2.45) is 0 Å². The summed E-state index contributed by atoms with van der Waals surface area (Å²) in [6.45, 7) is 2.08. The maximum Gasteiger partial charge on any atom is 0.421 e. The van der Waals surface area contributed by atoms with Gasteiger partial charge in [0.1, 0.15) is 16.9 Å². The number of hydrazine groups is 1. The van der Waals surface area contributed by atoms with Crippen molar-refractivity contribution < 1.29 is 14.3 Å². The highest BCUT2D eigenvalue weighted by atomic mass is 16.5. The van der Waals surface area contributed by atoms with Crippen LogP contribution in [0.3, 0.4) is 0 Å². The Kier molecular flexibility index (Phi) is 4.24. The van der Waals surface area contributed by atoms with E-state index in [-0.39, 0.29) is 0 Å².